The molecule has 1 aromatic carbocycles. The van der Waals surface area contributed by atoms with Crippen molar-refractivity contribution in [2.45, 2.75) is 63.2 Å². The first-order valence-electron chi connectivity index (χ1n) is 12.3. The Morgan fingerprint density at radius 1 is 1.00 bits per heavy atom. The molecule has 3 amide bonds. The van der Waals surface area contributed by atoms with Crippen LogP contribution in [0.2, 0.25) is 0 Å². The van der Waals surface area contributed by atoms with Crippen LogP contribution in [0.4, 0.5) is 0 Å². The summed E-state index contributed by atoms with van der Waals surface area (Å²) in [6.07, 6.45) is 5.73. The van der Waals surface area contributed by atoms with Crippen LogP contribution in [0.1, 0.15) is 38.2 Å². The van der Waals surface area contributed by atoms with Crippen LogP contribution in [0, 0.1) is 0 Å². The predicted octanol–water partition coefficient (Wildman–Crippen LogP) is 0.479. The molecule has 4 unspecified atom stereocenters. The molecule has 0 spiro atoms. The van der Waals surface area contributed by atoms with E-state index in [-0.39, 0.29) is 12.8 Å². The summed E-state index contributed by atoms with van der Waals surface area (Å²) < 4.78 is 0. The highest BCUT2D eigenvalue weighted by atomic mass is 32.2. The van der Waals surface area contributed by atoms with Crippen LogP contribution >= 0.6 is 11.8 Å². The molecule has 0 aliphatic rings. The third-order valence-corrected chi connectivity index (χ3v) is 6.66. The number of fused-ring (bicyclic) bond motifs is 1. The number of unbranched alkanes of at least 4 members (excludes halogenated alkanes) is 1. The Balaban J connectivity index is 2.13. The number of carbonyl (C=O) groups excluding carboxylic acids is 3. The molecule has 4 atom stereocenters. The molecule has 12 heteroatoms. The number of amides is 3. The maximum Gasteiger partial charge on any atom is 0.326 e. The maximum atomic E-state index is 13.2. The van der Waals surface area contributed by atoms with Crippen molar-refractivity contribution in [2.75, 3.05) is 18.6 Å². The smallest absolute Gasteiger partial charge is 0.326 e. The van der Waals surface area contributed by atoms with E-state index in [1.807, 2.05) is 30.5 Å². The molecule has 1 aromatic heterocycles. The first-order chi connectivity index (χ1) is 17.7. The SMILES string of the molecule is CSCCC(N)C(=O)NC(Cc1c[nH]c2ccccc12)C(=O)NC(C)C(=O)NC(CCCCN)C(=O)O. The molecule has 0 aliphatic heterocycles. The van der Waals surface area contributed by atoms with Crippen molar-refractivity contribution >= 4 is 46.4 Å². The van der Waals surface area contributed by atoms with E-state index in [2.05, 4.69) is 20.9 Å². The topological polar surface area (TPSA) is 192 Å². The molecule has 37 heavy (non-hydrogen) atoms. The van der Waals surface area contributed by atoms with Crippen LogP contribution in [0.15, 0.2) is 30.5 Å². The number of rotatable bonds is 16. The standard InChI is InChI=1S/C25H38N6O5S/c1-15(22(32)30-20(25(35)36)9-5-6-11-26)29-24(34)21(31-23(33)18(27)10-12-37-2)13-16-14-28-19-8-4-3-7-17(16)19/h3-4,7-8,14-15,18,20-21,28H,5-6,9-13,26-27H2,1-2H3,(H,29,34)(H,30,32)(H,31,33)(H,35,36). The van der Waals surface area contributed by atoms with Crippen molar-refractivity contribution in [3.8, 4) is 0 Å². The van der Waals surface area contributed by atoms with Crippen LogP contribution in [0.5, 0.6) is 0 Å². The van der Waals surface area contributed by atoms with Crippen LogP contribution in [0.25, 0.3) is 10.9 Å². The number of nitrogens with one attached hydrogen (secondary N) is 4. The summed E-state index contributed by atoms with van der Waals surface area (Å²) in [5.41, 5.74) is 13.2. The van der Waals surface area contributed by atoms with Gasteiger partial charge in [0.15, 0.2) is 0 Å². The molecule has 0 radical (unpaired) electrons. The van der Waals surface area contributed by atoms with Crippen molar-refractivity contribution in [3.63, 3.8) is 0 Å². The van der Waals surface area contributed by atoms with E-state index in [1.54, 1.807) is 18.0 Å². The Bertz CT molecular complexity index is 1060. The summed E-state index contributed by atoms with van der Waals surface area (Å²) in [7, 11) is 0. The number of carbonyl (C=O) groups is 4. The molecule has 0 fully saturated rings. The number of para-hydroxylation sites is 1. The van der Waals surface area contributed by atoms with Gasteiger partial charge in [0.25, 0.3) is 0 Å². The monoisotopic (exact) mass is 534 g/mol. The number of aromatic nitrogens is 1. The zero-order valence-corrected chi connectivity index (χ0v) is 22.1. The first-order valence-corrected chi connectivity index (χ1v) is 13.7. The second-order valence-corrected chi connectivity index (χ2v) is 9.91. The van der Waals surface area contributed by atoms with Gasteiger partial charge in [-0.1, -0.05) is 18.2 Å². The molecular weight excluding hydrogens is 496 g/mol. The lowest BCUT2D eigenvalue weighted by Gasteiger charge is -2.23. The van der Waals surface area contributed by atoms with Gasteiger partial charge in [-0.2, -0.15) is 11.8 Å². The third-order valence-electron chi connectivity index (χ3n) is 6.02. The predicted molar refractivity (Wildman–Crippen MR) is 145 cm³/mol. The van der Waals surface area contributed by atoms with Gasteiger partial charge in [-0.05, 0) is 62.8 Å². The summed E-state index contributed by atoms with van der Waals surface area (Å²) in [4.78, 5) is 53.3. The Hall–Kier alpha value is -3.09. The minimum absolute atomic E-state index is 0.169. The van der Waals surface area contributed by atoms with Crippen molar-refractivity contribution < 1.29 is 24.3 Å². The number of carboxylic acid groups (broad SMARTS) is 1. The Labute approximate surface area is 220 Å². The highest BCUT2D eigenvalue weighted by Crippen LogP contribution is 2.19. The van der Waals surface area contributed by atoms with Crippen molar-refractivity contribution in [3.05, 3.63) is 36.0 Å². The van der Waals surface area contributed by atoms with Gasteiger partial charge < -0.3 is 37.5 Å². The van der Waals surface area contributed by atoms with E-state index >= 15 is 0 Å². The van der Waals surface area contributed by atoms with Gasteiger partial charge in [0, 0.05) is 23.5 Å². The maximum absolute atomic E-state index is 13.2. The Kier molecular flexibility index (Phi) is 12.4. The molecule has 0 bridgehead atoms. The largest absolute Gasteiger partial charge is 0.480 e. The minimum Gasteiger partial charge on any atom is -0.480 e. The number of H-pyrrole nitrogens is 1. The van der Waals surface area contributed by atoms with E-state index in [0.717, 1.165) is 16.5 Å². The lowest BCUT2D eigenvalue weighted by Crippen LogP contribution is -2.56. The van der Waals surface area contributed by atoms with Crippen LogP contribution < -0.4 is 27.4 Å². The van der Waals surface area contributed by atoms with Crippen LogP contribution in [-0.4, -0.2) is 76.5 Å². The lowest BCUT2D eigenvalue weighted by atomic mass is 10.0. The van der Waals surface area contributed by atoms with Gasteiger partial charge in [-0.25, -0.2) is 4.79 Å². The summed E-state index contributed by atoms with van der Waals surface area (Å²) in [6, 6.07) is 3.69. The normalized spacial score (nSPS) is 14.4. The van der Waals surface area contributed by atoms with Gasteiger partial charge >= 0.3 is 5.97 Å². The minimum atomic E-state index is -1.16. The fourth-order valence-corrected chi connectivity index (χ4v) is 4.30. The summed E-state index contributed by atoms with van der Waals surface area (Å²) in [5, 5.41) is 18.1. The van der Waals surface area contributed by atoms with E-state index in [9.17, 15) is 24.3 Å². The quantitative estimate of drug-likeness (QED) is 0.151. The van der Waals surface area contributed by atoms with Gasteiger partial charge in [0.2, 0.25) is 17.7 Å². The fourth-order valence-electron chi connectivity index (χ4n) is 3.81. The van der Waals surface area contributed by atoms with Crippen molar-refractivity contribution in [1.82, 2.24) is 20.9 Å². The number of benzene rings is 1. The first kappa shape index (κ1) is 30.1. The molecule has 0 aliphatic carbocycles. The summed E-state index contributed by atoms with van der Waals surface area (Å²) in [5.74, 6) is -2.14. The average molecular weight is 535 g/mol. The Morgan fingerprint density at radius 2 is 1.70 bits per heavy atom. The third kappa shape index (κ3) is 9.38. The molecule has 11 nitrogen and oxygen atoms in total. The van der Waals surface area contributed by atoms with Gasteiger partial charge in [0.1, 0.15) is 18.1 Å². The molecule has 2 rings (SSSR count). The van der Waals surface area contributed by atoms with E-state index < -0.39 is 47.9 Å². The number of aromatic amines is 1. The number of thioether (sulfide) groups is 1. The summed E-state index contributed by atoms with van der Waals surface area (Å²) >= 11 is 1.57. The fraction of sp³-hybridized carbons (Fsp3) is 0.520. The number of hydrogen-bond acceptors (Lipinski definition) is 7. The molecular formula is C25H38N6O5S. The van der Waals surface area contributed by atoms with E-state index in [4.69, 9.17) is 11.5 Å². The Morgan fingerprint density at radius 3 is 2.38 bits per heavy atom. The number of carboxylic acids is 1. The highest BCUT2D eigenvalue weighted by Gasteiger charge is 2.29. The van der Waals surface area contributed by atoms with Gasteiger partial charge in [0.05, 0.1) is 6.04 Å². The molecule has 9 N–H and O–H groups in total. The zero-order chi connectivity index (χ0) is 27.4. The van der Waals surface area contributed by atoms with Crippen molar-refractivity contribution in [1.29, 1.82) is 0 Å². The zero-order valence-electron chi connectivity index (χ0n) is 21.3. The van der Waals surface area contributed by atoms with Crippen LogP contribution in [0.3, 0.4) is 0 Å². The van der Waals surface area contributed by atoms with Crippen LogP contribution in [-0.2, 0) is 25.6 Å². The van der Waals surface area contributed by atoms with E-state index in [1.165, 1.54) is 6.92 Å². The number of aliphatic carboxylic acids is 1. The molecule has 0 saturated heterocycles. The lowest BCUT2D eigenvalue weighted by molar-refractivity contribution is -0.142. The van der Waals surface area contributed by atoms with E-state index in [0.29, 0.717) is 31.6 Å². The molecule has 1 heterocycles. The molecule has 204 valence electrons. The molecule has 0 saturated carbocycles. The second-order valence-electron chi connectivity index (χ2n) is 8.93. The second kappa shape index (κ2) is 15.2. The number of nitrogens with two attached hydrogens (primary N) is 2. The van der Waals surface area contributed by atoms with Crippen molar-refractivity contribution in [2.24, 2.45) is 11.5 Å². The highest BCUT2D eigenvalue weighted by molar-refractivity contribution is 7.98. The summed E-state index contributed by atoms with van der Waals surface area (Å²) in [6.45, 7) is 1.89. The van der Waals surface area contributed by atoms with Gasteiger partial charge in [-0.3, -0.25) is 14.4 Å². The average Bonchev–Trinajstić information content (AvgIpc) is 3.28. The van der Waals surface area contributed by atoms with Gasteiger partial charge in [-0.15, -0.1) is 0 Å². The number of hydrogen-bond donors (Lipinski definition) is 7. The molecule has 2 aromatic rings.